The Hall–Kier alpha value is 0.337. The molecule has 0 aromatic carbocycles. The van der Waals surface area contributed by atoms with E-state index in [4.69, 9.17) is 0 Å². The zero-order valence-corrected chi connectivity index (χ0v) is 44.0. The molecule has 0 aliphatic heterocycles. The summed E-state index contributed by atoms with van der Waals surface area (Å²) in [6, 6.07) is 0. The Balaban J connectivity index is -0.000000320. The van der Waals surface area contributed by atoms with E-state index in [-0.39, 0.29) is 34.0 Å². The number of hydrogen-bond acceptors (Lipinski definition) is 5. The van der Waals surface area contributed by atoms with Crippen molar-refractivity contribution < 1.29 is 22.9 Å². The van der Waals surface area contributed by atoms with E-state index < -0.39 is 31.7 Å². The summed E-state index contributed by atoms with van der Waals surface area (Å²) in [4.78, 5) is 20.2. The van der Waals surface area contributed by atoms with Gasteiger partial charge < -0.3 is 19.8 Å². The van der Waals surface area contributed by atoms with Gasteiger partial charge in [0.25, 0.3) is 0 Å². The van der Waals surface area contributed by atoms with Gasteiger partial charge in [0.1, 0.15) is 0 Å². The van der Waals surface area contributed by atoms with E-state index in [1.54, 1.807) is 21.7 Å². The van der Waals surface area contributed by atoms with Crippen molar-refractivity contribution in [2.75, 3.05) is 0 Å². The molecule has 0 N–H and O–H groups in total. The summed E-state index contributed by atoms with van der Waals surface area (Å²) in [5.41, 5.74) is 0. The third-order valence-electron chi connectivity index (χ3n) is 10.0. The number of aliphatic carboxylic acids is 2. The maximum absolute atomic E-state index is 11.2. The van der Waals surface area contributed by atoms with Crippen LogP contribution in [0.5, 0.6) is 0 Å². The van der Waals surface area contributed by atoms with Gasteiger partial charge in [-0.15, -0.1) is 0 Å². The molecule has 0 saturated heterocycles. The second-order valence-corrected chi connectivity index (χ2v) is 26.1. The molecule has 0 fully saturated rings. The fraction of sp³-hybridized carbons (Fsp3) is 0.958. The summed E-state index contributed by atoms with van der Waals surface area (Å²) >= 11 is -1.92. The molecule has 0 aliphatic rings. The van der Waals surface area contributed by atoms with Crippen LogP contribution in [-0.2, 0) is 12.7 Å². The molecule has 0 spiro atoms. The Morgan fingerprint density at radius 2 is 0.564 bits per heavy atom. The van der Waals surface area contributed by atoms with Crippen LogP contribution in [0.3, 0.4) is 0 Å². The van der Waals surface area contributed by atoms with Crippen molar-refractivity contribution >= 4 is 52.8 Å². The number of carboxylic acid groups (broad SMARTS) is 2. The molecule has 0 atom stereocenters. The zero-order chi connectivity index (χ0) is 41.7. The first-order valence-electron chi connectivity index (χ1n) is 24.4. The topological polar surface area (TPSA) is 97.3 Å². The minimum atomic E-state index is -1.99. The molecule has 0 aromatic rings. The second kappa shape index (κ2) is 61.0. The summed E-state index contributed by atoms with van der Waals surface area (Å²) in [7, 11) is 0. The molecule has 0 rings (SSSR count). The van der Waals surface area contributed by atoms with E-state index in [1.807, 2.05) is 0 Å². The third-order valence-corrected chi connectivity index (χ3v) is 19.2. The minimum absolute atomic E-state index is 0.0736. The van der Waals surface area contributed by atoms with E-state index in [0.717, 1.165) is 34.6 Å². The van der Waals surface area contributed by atoms with Crippen LogP contribution in [0.25, 0.3) is 0 Å². The second-order valence-electron chi connectivity index (χ2n) is 15.9. The molecule has 0 bridgehead atoms. The predicted molar refractivity (Wildman–Crippen MR) is 242 cm³/mol. The Morgan fingerprint density at radius 3 is 0.800 bits per heavy atom. The number of carbonyl (C=O) groups is 2. The van der Waals surface area contributed by atoms with Crippen molar-refractivity contribution in [3.63, 3.8) is 0 Å². The molecule has 0 heterocycles. The number of unbranched alkanes of at least 4 members (excludes halogenated alkanes) is 28. The maximum atomic E-state index is 11.2. The predicted octanol–water partition coefficient (Wildman–Crippen LogP) is 14.6. The van der Waals surface area contributed by atoms with Crippen LogP contribution >= 0.6 is 0 Å². The molecular weight excluding hydrogens is 894 g/mol. The Morgan fingerprint density at radius 1 is 0.345 bits per heavy atom. The van der Waals surface area contributed by atoms with E-state index >= 15 is 0 Å². The molecule has 7 heteroatoms. The van der Waals surface area contributed by atoms with Gasteiger partial charge in [-0.2, -0.15) is 0 Å². The number of hydrogen-bond donors (Lipinski definition) is 0. The number of carbonyl (C=O) groups excluding carboxylic acids is 2. The molecule has 0 amide bonds. The summed E-state index contributed by atoms with van der Waals surface area (Å²) in [5.74, 6) is -1.82. The van der Waals surface area contributed by atoms with Gasteiger partial charge in [0, 0.05) is 11.9 Å². The van der Waals surface area contributed by atoms with E-state index in [9.17, 15) is 22.9 Å². The summed E-state index contributed by atoms with van der Waals surface area (Å²) in [5, 5.41) is 20.2. The van der Waals surface area contributed by atoms with Crippen LogP contribution in [0, 0.1) is 0 Å². The first-order valence-corrected chi connectivity index (χ1v) is 33.6. The molecule has 328 valence electrons. The van der Waals surface area contributed by atoms with E-state index in [1.165, 1.54) is 180 Å². The Kier molecular flexibility index (Phi) is 68.8. The monoisotopic (exact) mass is 995 g/mol. The molecule has 0 aliphatic carbocycles. The van der Waals surface area contributed by atoms with Crippen LogP contribution in [0.1, 0.15) is 273 Å². The molecular formula is C48H98O5Sn2. The van der Waals surface area contributed by atoms with Gasteiger partial charge in [-0.1, -0.05) is 117 Å². The van der Waals surface area contributed by atoms with Crippen LogP contribution in [0.2, 0.25) is 17.7 Å². The summed E-state index contributed by atoms with van der Waals surface area (Å²) in [6.45, 7) is 13.4. The van der Waals surface area contributed by atoms with Crippen LogP contribution < -0.4 is 10.2 Å². The molecule has 0 radical (unpaired) electrons. The SMILES string of the molecule is CCCCCCCCCCCC(=O)[O-].CCCCCCCCCCCC(=O)[O-].CCCCCCC[CH2][Sn+2][CH2]CCCCCCC.CCC[CH2][Sn](=[O])[CH2]CCC. The van der Waals surface area contributed by atoms with Gasteiger partial charge in [0.15, 0.2) is 0 Å². The average Bonchev–Trinajstić information content (AvgIpc) is 3.17. The van der Waals surface area contributed by atoms with Crippen molar-refractivity contribution in [2.24, 2.45) is 0 Å². The third kappa shape index (κ3) is 75.7. The van der Waals surface area contributed by atoms with E-state index in [0.29, 0.717) is 0 Å². The molecule has 55 heavy (non-hydrogen) atoms. The Bertz CT molecular complexity index is 662. The first-order chi connectivity index (χ1) is 26.8. The molecule has 0 aromatic heterocycles. The van der Waals surface area contributed by atoms with Crippen LogP contribution in [0.4, 0.5) is 0 Å². The van der Waals surface area contributed by atoms with Crippen LogP contribution in [-0.4, -0.2) is 52.8 Å². The summed E-state index contributed by atoms with van der Waals surface area (Å²) in [6.07, 6.45) is 45.0. The van der Waals surface area contributed by atoms with Crippen molar-refractivity contribution in [1.82, 2.24) is 0 Å². The standard InChI is InChI=1S/2C12H24O2.2C8H17.2C4H9.O.2Sn/c2*1-2-3-4-5-6-7-8-9-10-11-12(13)14;2*1-3-5-7-8-6-4-2;2*1-3-4-2;;;/h2*2-11H2,1H3,(H,13,14);2*1,3-8H2,2H3;2*1,3-4H2,2H3;;;/q;;;;;;;;+2/p-2. The fourth-order valence-corrected chi connectivity index (χ4v) is 14.8. The van der Waals surface area contributed by atoms with E-state index in [2.05, 4.69) is 41.5 Å². The average molecular weight is 993 g/mol. The van der Waals surface area contributed by atoms with Crippen LogP contribution in [0.15, 0.2) is 0 Å². The quantitative estimate of drug-likeness (QED) is 0.0450. The molecule has 0 saturated carbocycles. The Labute approximate surface area is 363 Å². The van der Waals surface area contributed by atoms with Crippen molar-refractivity contribution in [3.8, 4) is 0 Å². The summed E-state index contributed by atoms with van der Waals surface area (Å²) < 4.78 is 16.7. The van der Waals surface area contributed by atoms with Crippen molar-refractivity contribution in [3.05, 3.63) is 0 Å². The zero-order valence-electron chi connectivity index (χ0n) is 38.3. The number of carboxylic acids is 2. The van der Waals surface area contributed by atoms with Gasteiger partial charge >= 0.3 is 192 Å². The molecule has 5 nitrogen and oxygen atoms in total. The van der Waals surface area contributed by atoms with Gasteiger partial charge in [-0.25, -0.2) is 0 Å². The van der Waals surface area contributed by atoms with Crippen molar-refractivity contribution in [1.29, 1.82) is 0 Å². The first kappa shape index (κ1) is 62.0. The fourth-order valence-electron chi connectivity index (χ4n) is 6.22. The van der Waals surface area contributed by atoms with Gasteiger partial charge in [-0.05, 0) is 25.7 Å². The normalized spacial score (nSPS) is 10.3. The molecule has 0 unspecified atom stereocenters. The van der Waals surface area contributed by atoms with Gasteiger partial charge in [0.2, 0.25) is 0 Å². The van der Waals surface area contributed by atoms with Gasteiger partial charge in [-0.3, -0.25) is 0 Å². The van der Waals surface area contributed by atoms with Gasteiger partial charge in [0.05, 0.1) is 0 Å². The van der Waals surface area contributed by atoms with Crippen molar-refractivity contribution in [2.45, 2.75) is 290 Å². The number of rotatable bonds is 40.